The van der Waals surface area contributed by atoms with Crippen molar-refractivity contribution in [3.8, 4) is 11.4 Å². The Morgan fingerprint density at radius 1 is 0.921 bits per heavy atom. The standard InChI is InChI=1S/C31H33N5O2/c37-29(16-13-22-8-2-1-3-9-22)36-19-7-12-28(36)31(38)32-24-11-6-10-23(20-24)30-33-26-15-14-25(21-27(26)34-30)35-17-4-5-18-35/h1-3,6,8-11,14-15,20-21,28H,4-5,7,12-13,16-19H2,(H,32,38)(H,33,34)/t28-/m0/s1. The third-order valence-corrected chi connectivity index (χ3v) is 7.69. The number of hydrogen-bond acceptors (Lipinski definition) is 4. The molecule has 2 fully saturated rings. The molecule has 0 unspecified atom stereocenters. The molecule has 1 aromatic heterocycles. The Morgan fingerprint density at radius 3 is 2.61 bits per heavy atom. The van der Waals surface area contributed by atoms with Crippen molar-refractivity contribution in [2.45, 2.75) is 44.6 Å². The zero-order valence-electron chi connectivity index (χ0n) is 21.5. The summed E-state index contributed by atoms with van der Waals surface area (Å²) in [6.07, 6.45) is 5.10. The fourth-order valence-electron chi connectivity index (χ4n) is 5.65. The molecule has 0 saturated carbocycles. The molecule has 0 aliphatic carbocycles. The summed E-state index contributed by atoms with van der Waals surface area (Å²) < 4.78 is 0. The largest absolute Gasteiger partial charge is 0.371 e. The number of anilines is 2. The highest BCUT2D eigenvalue weighted by molar-refractivity contribution is 5.98. The maximum atomic E-state index is 13.2. The SMILES string of the molecule is O=C(Nc1cccc(-c2nc3cc(N4CCCC4)ccc3[nH]2)c1)[C@@H]1CCCN1C(=O)CCc1ccccc1. The fourth-order valence-corrected chi connectivity index (χ4v) is 5.65. The Hall–Kier alpha value is -4.13. The van der Waals surface area contributed by atoms with Gasteiger partial charge in [-0.25, -0.2) is 4.98 Å². The van der Waals surface area contributed by atoms with Gasteiger partial charge in [-0.15, -0.1) is 0 Å². The first-order chi connectivity index (χ1) is 18.6. The Kier molecular flexibility index (Phi) is 6.82. The summed E-state index contributed by atoms with van der Waals surface area (Å²) in [5.41, 5.74) is 5.89. The molecule has 7 heteroatoms. The third-order valence-electron chi connectivity index (χ3n) is 7.69. The second-order valence-electron chi connectivity index (χ2n) is 10.3. The highest BCUT2D eigenvalue weighted by atomic mass is 16.2. The maximum absolute atomic E-state index is 13.2. The molecule has 6 rings (SSSR count). The normalized spacial score (nSPS) is 17.3. The van der Waals surface area contributed by atoms with Gasteiger partial charge in [-0.2, -0.15) is 0 Å². The molecule has 2 aliphatic rings. The molecule has 7 nitrogen and oxygen atoms in total. The first kappa shape index (κ1) is 24.2. The van der Waals surface area contributed by atoms with Crippen molar-refractivity contribution in [2.24, 2.45) is 0 Å². The number of aryl methyl sites for hydroxylation is 1. The third kappa shape index (κ3) is 5.14. The van der Waals surface area contributed by atoms with Gasteiger partial charge in [-0.1, -0.05) is 42.5 Å². The summed E-state index contributed by atoms with van der Waals surface area (Å²) >= 11 is 0. The average Bonchev–Trinajstić information content (AvgIpc) is 3.72. The van der Waals surface area contributed by atoms with E-state index in [1.807, 2.05) is 54.6 Å². The Bertz CT molecular complexity index is 1440. The van der Waals surface area contributed by atoms with Gasteiger partial charge in [-0.05, 0) is 68.0 Å². The number of rotatable bonds is 7. The van der Waals surface area contributed by atoms with Gasteiger partial charge in [0.2, 0.25) is 11.8 Å². The molecule has 0 bridgehead atoms. The number of carbonyl (C=O) groups excluding carboxylic acids is 2. The predicted molar refractivity (Wildman–Crippen MR) is 151 cm³/mol. The summed E-state index contributed by atoms with van der Waals surface area (Å²) in [6.45, 7) is 2.83. The van der Waals surface area contributed by atoms with Crippen molar-refractivity contribution >= 4 is 34.2 Å². The lowest BCUT2D eigenvalue weighted by molar-refractivity contribution is -0.136. The van der Waals surface area contributed by atoms with E-state index in [1.54, 1.807) is 4.90 Å². The van der Waals surface area contributed by atoms with Gasteiger partial charge in [0, 0.05) is 43.0 Å². The molecule has 2 N–H and O–H groups in total. The van der Waals surface area contributed by atoms with Crippen molar-refractivity contribution in [1.29, 1.82) is 0 Å². The van der Waals surface area contributed by atoms with Crippen LogP contribution in [0.4, 0.5) is 11.4 Å². The molecule has 38 heavy (non-hydrogen) atoms. The number of carbonyl (C=O) groups is 2. The zero-order valence-corrected chi connectivity index (χ0v) is 21.5. The van der Waals surface area contributed by atoms with E-state index < -0.39 is 6.04 Å². The second-order valence-corrected chi connectivity index (χ2v) is 10.3. The molecule has 2 amide bonds. The maximum Gasteiger partial charge on any atom is 0.247 e. The zero-order chi connectivity index (χ0) is 25.9. The smallest absolute Gasteiger partial charge is 0.247 e. The molecular weight excluding hydrogens is 474 g/mol. The highest BCUT2D eigenvalue weighted by Crippen LogP contribution is 2.28. The van der Waals surface area contributed by atoms with Crippen LogP contribution in [0.2, 0.25) is 0 Å². The first-order valence-electron chi connectivity index (χ1n) is 13.6. The number of aromatic nitrogens is 2. The van der Waals surface area contributed by atoms with Crippen LogP contribution >= 0.6 is 0 Å². The quantitative estimate of drug-likeness (QED) is 0.351. The molecule has 194 valence electrons. The average molecular weight is 508 g/mol. The highest BCUT2D eigenvalue weighted by Gasteiger charge is 2.33. The van der Waals surface area contributed by atoms with Crippen LogP contribution in [-0.4, -0.2) is 52.4 Å². The molecule has 0 spiro atoms. The number of aromatic amines is 1. The van der Waals surface area contributed by atoms with Crippen LogP contribution in [0.15, 0.2) is 72.8 Å². The molecule has 2 aliphatic heterocycles. The number of likely N-dealkylation sites (tertiary alicyclic amines) is 1. The van der Waals surface area contributed by atoms with Gasteiger partial charge in [-0.3, -0.25) is 9.59 Å². The van der Waals surface area contributed by atoms with Crippen LogP contribution in [0.5, 0.6) is 0 Å². The van der Waals surface area contributed by atoms with Crippen molar-refractivity contribution < 1.29 is 9.59 Å². The Morgan fingerprint density at radius 2 is 1.76 bits per heavy atom. The number of hydrogen-bond donors (Lipinski definition) is 2. The number of nitrogens with zero attached hydrogens (tertiary/aromatic N) is 3. The van der Waals surface area contributed by atoms with E-state index in [9.17, 15) is 9.59 Å². The number of fused-ring (bicyclic) bond motifs is 1. The van der Waals surface area contributed by atoms with Crippen LogP contribution in [0, 0.1) is 0 Å². The number of H-pyrrole nitrogens is 1. The lowest BCUT2D eigenvalue weighted by atomic mass is 10.1. The first-order valence-corrected chi connectivity index (χ1v) is 13.6. The van der Waals surface area contributed by atoms with E-state index in [0.29, 0.717) is 31.5 Å². The Balaban J connectivity index is 1.13. The minimum Gasteiger partial charge on any atom is -0.371 e. The number of nitrogens with one attached hydrogen (secondary N) is 2. The summed E-state index contributed by atoms with van der Waals surface area (Å²) in [6, 6.07) is 23.7. The molecular formula is C31H33N5O2. The van der Waals surface area contributed by atoms with Crippen LogP contribution in [0.25, 0.3) is 22.4 Å². The lowest BCUT2D eigenvalue weighted by Gasteiger charge is -2.24. The van der Waals surface area contributed by atoms with Crippen LogP contribution in [0.1, 0.15) is 37.7 Å². The summed E-state index contributed by atoms with van der Waals surface area (Å²) in [5, 5.41) is 3.05. The molecule has 0 radical (unpaired) electrons. The summed E-state index contributed by atoms with van der Waals surface area (Å²) in [7, 11) is 0. The van der Waals surface area contributed by atoms with Crippen molar-refractivity contribution in [3.63, 3.8) is 0 Å². The predicted octanol–water partition coefficient (Wildman–Crippen LogP) is 5.39. The molecule has 1 atom stereocenters. The van der Waals surface area contributed by atoms with Gasteiger partial charge in [0.25, 0.3) is 0 Å². The van der Waals surface area contributed by atoms with Gasteiger partial charge in [0.15, 0.2) is 0 Å². The van der Waals surface area contributed by atoms with E-state index in [2.05, 4.69) is 33.4 Å². The number of imidazole rings is 1. The molecule has 2 saturated heterocycles. The monoisotopic (exact) mass is 507 g/mol. The van der Waals surface area contributed by atoms with E-state index in [4.69, 9.17) is 4.98 Å². The second kappa shape index (κ2) is 10.7. The molecule has 4 aromatic rings. The van der Waals surface area contributed by atoms with Gasteiger partial charge < -0.3 is 20.1 Å². The van der Waals surface area contributed by atoms with E-state index in [-0.39, 0.29) is 11.8 Å². The Labute approximate surface area is 222 Å². The minimum atomic E-state index is -0.433. The van der Waals surface area contributed by atoms with Gasteiger partial charge in [0.1, 0.15) is 11.9 Å². The topological polar surface area (TPSA) is 81.3 Å². The summed E-state index contributed by atoms with van der Waals surface area (Å²) in [4.78, 5) is 38.6. The van der Waals surface area contributed by atoms with Gasteiger partial charge >= 0.3 is 0 Å². The summed E-state index contributed by atoms with van der Waals surface area (Å²) in [5.74, 6) is 0.677. The molecule has 3 heterocycles. The van der Waals surface area contributed by atoms with Crippen LogP contribution in [0.3, 0.4) is 0 Å². The van der Waals surface area contributed by atoms with Crippen LogP contribution < -0.4 is 10.2 Å². The van der Waals surface area contributed by atoms with E-state index in [1.165, 1.54) is 18.5 Å². The van der Waals surface area contributed by atoms with E-state index in [0.717, 1.165) is 47.5 Å². The van der Waals surface area contributed by atoms with Gasteiger partial charge in [0.05, 0.1) is 11.0 Å². The minimum absolute atomic E-state index is 0.0378. The number of amides is 2. The van der Waals surface area contributed by atoms with E-state index >= 15 is 0 Å². The van der Waals surface area contributed by atoms with Crippen molar-refractivity contribution in [3.05, 3.63) is 78.4 Å². The lowest BCUT2D eigenvalue weighted by Crippen LogP contribution is -2.43. The van der Waals surface area contributed by atoms with Crippen molar-refractivity contribution in [2.75, 3.05) is 29.9 Å². The number of benzene rings is 3. The fraction of sp³-hybridized carbons (Fsp3) is 0.323. The van der Waals surface area contributed by atoms with Crippen LogP contribution in [-0.2, 0) is 16.0 Å². The van der Waals surface area contributed by atoms with Crippen molar-refractivity contribution in [1.82, 2.24) is 14.9 Å². The molecule has 3 aromatic carbocycles.